The first kappa shape index (κ1) is 15.5. The van der Waals surface area contributed by atoms with Crippen molar-refractivity contribution in [1.29, 1.82) is 0 Å². The summed E-state index contributed by atoms with van der Waals surface area (Å²) in [4.78, 5) is 13.8. The smallest absolute Gasteiger partial charge is 0.179 e. The number of halogens is 1. The Labute approximate surface area is 150 Å². The van der Waals surface area contributed by atoms with Gasteiger partial charge in [0.15, 0.2) is 5.82 Å². The summed E-state index contributed by atoms with van der Waals surface area (Å²) in [6.45, 7) is 0. The summed E-state index contributed by atoms with van der Waals surface area (Å²) in [6, 6.07) is 21.2. The third-order valence-electron chi connectivity index (χ3n) is 3.89. The number of methoxy groups -OCH3 is 1. The van der Waals surface area contributed by atoms with Gasteiger partial charge in [0.2, 0.25) is 0 Å². The Morgan fingerprint density at radius 2 is 1.68 bits per heavy atom. The minimum absolute atomic E-state index is 0.414. The number of para-hydroxylation sites is 1. The van der Waals surface area contributed by atoms with E-state index in [4.69, 9.17) is 21.3 Å². The molecule has 0 aliphatic rings. The Morgan fingerprint density at radius 1 is 0.840 bits per heavy atom. The largest absolute Gasteiger partial charge is 0.497 e. The van der Waals surface area contributed by atoms with E-state index in [-0.39, 0.29) is 0 Å². The summed E-state index contributed by atoms with van der Waals surface area (Å²) in [7, 11) is 1.65. The van der Waals surface area contributed by atoms with Crippen molar-refractivity contribution in [3.8, 4) is 28.5 Å². The molecule has 0 saturated carbocycles. The lowest BCUT2D eigenvalue weighted by atomic mass is 10.1. The molecule has 2 heterocycles. The van der Waals surface area contributed by atoms with Gasteiger partial charge >= 0.3 is 0 Å². The molecule has 0 spiro atoms. The molecule has 2 aromatic heterocycles. The third kappa shape index (κ3) is 3.04. The average Bonchev–Trinajstić information content (AvgIpc) is 2.67. The highest BCUT2D eigenvalue weighted by Crippen LogP contribution is 2.30. The van der Waals surface area contributed by atoms with E-state index in [9.17, 15) is 0 Å². The van der Waals surface area contributed by atoms with E-state index >= 15 is 0 Å². The minimum atomic E-state index is 0.414. The van der Waals surface area contributed by atoms with E-state index in [1.165, 1.54) is 0 Å². The highest BCUT2D eigenvalue weighted by atomic mass is 35.5. The second kappa shape index (κ2) is 6.49. The highest BCUT2D eigenvalue weighted by Gasteiger charge is 2.12. The predicted molar refractivity (Wildman–Crippen MR) is 99.8 cm³/mol. The molecule has 0 aliphatic carbocycles. The normalized spacial score (nSPS) is 10.8. The van der Waals surface area contributed by atoms with Gasteiger partial charge < -0.3 is 4.74 Å². The minimum Gasteiger partial charge on any atom is -0.497 e. The molecule has 0 bridgehead atoms. The maximum atomic E-state index is 6.03. The van der Waals surface area contributed by atoms with E-state index in [1.807, 2.05) is 60.7 Å². The van der Waals surface area contributed by atoms with Gasteiger partial charge in [-0.15, -0.1) is 0 Å². The zero-order valence-electron chi connectivity index (χ0n) is 13.5. The Balaban J connectivity index is 1.99. The van der Waals surface area contributed by atoms with E-state index in [0.717, 1.165) is 27.9 Å². The van der Waals surface area contributed by atoms with E-state index < -0.39 is 0 Å². The Morgan fingerprint density at radius 3 is 2.52 bits per heavy atom. The number of fused-ring (bicyclic) bond motifs is 1. The van der Waals surface area contributed by atoms with E-state index in [0.29, 0.717) is 16.7 Å². The molecule has 4 nitrogen and oxygen atoms in total. The first-order valence-corrected chi connectivity index (χ1v) is 8.16. The molecular formula is C20H14ClN3O. The molecule has 0 saturated heterocycles. The van der Waals surface area contributed by atoms with Crippen LogP contribution in [0.2, 0.25) is 5.15 Å². The van der Waals surface area contributed by atoms with Gasteiger partial charge in [0.25, 0.3) is 0 Å². The van der Waals surface area contributed by atoms with Gasteiger partial charge in [0, 0.05) is 10.9 Å². The van der Waals surface area contributed by atoms with Crippen LogP contribution < -0.4 is 4.74 Å². The lowest BCUT2D eigenvalue weighted by Crippen LogP contribution is -1.97. The summed E-state index contributed by atoms with van der Waals surface area (Å²) < 4.78 is 5.35. The fourth-order valence-corrected chi connectivity index (χ4v) is 2.88. The molecule has 0 N–H and O–H groups in total. The van der Waals surface area contributed by atoms with Gasteiger partial charge in [-0.3, -0.25) is 0 Å². The number of rotatable bonds is 3. The predicted octanol–water partition coefficient (Wildman–Crippen LogP) is 5.02. The number of nitrogens with zero attached hydrogens (tertiary/aromatic N) is 3. The van der Waals surface area contributed by atoms with Crippen LogP contribution in [-0.2, 0) is 0 Å². The van der Waals surface area contributed by atoms with Crippen molar-refractivity contribution in [2.75, 3.05) is 7.11 Å². The summed E-state index contributed by atoms with van der Waals surface area (Å²) in [5.74, 6) is 1.32. The van der Waals surface area contributed by atoms with Gasteiger partial charge in [-0.05, 0) is 30.3 Å². The van der Waals surface area contributed by atoms with Gasteiger partial charge in [0.05, 0.1) is 18.3 Å². The lowest BCUT2D eigenvalue weighted by Gasteiger charge is -2.10. The van der Waals surface area contributed by atoms with E-state index in [2.05, 4.69) is 9.97 Å². The SMILES string of the molecule is COc1cccc(-c2nc(-c3cccc(Cl)n3)nc3ccccc23)c1. The molecule has 0 amide bonds. The molecule has 0 fully saturated rings. The molecule has 0 radical (unpaired) electrons. The number of benzene rings is 2. The van der Waals surface area contributed by atoms with E-state index in [1.54, 1.807) is 13.2 Å². The Bertz CT molecular complexity index is 1070. The molecule has 2 aromatic carbocycles. The van der Waals surface area contributed by atoms with Crippen LogP contribution in [0.4, 0.5) is 0 Å². The van der Waals surface area contributed by atoms with Crippen LogP contribution in [0.25, 0.3) is 33.7 Å². The third-order valence-corrected chi connectivity index (χ3v) is 4.10. The first-order chi connectivity index (χ1) is 12.2. The van der Waals surface area contributed by atoms with Crippen molar-refractivity contribution in [2.45, 2.75) is 0 Å². The summed E-state index contributed by atoms with van der Waals surface area (Å²) in [5.41, 5.74) is 3.29. The fraction of sp³-hybridized carbons (Fsp3) is 0.0500. The number of hydrogen-bond acceptors (Lipinski definition) is 4. The Kier molecular flexibility index (Phi) is 4.04. The maximum absolute atomic E-state index is 6.03. The van der Waals surface area contributed by atoms with Crippen molar-refractivity contribution in [3.63, 3.8) is 0 Å². The van der Waals surface area contributed by atoms with Gasteiger partial charge in [-0.25, -0.2) is 15.0 Å². The summed E-state index contributed by atoms with van der Waals surface area (Å²) >= 11 is 6.03. The second-order valence-corrected chi connectivity index (χ2v) is 5.88. The number of hydrogen-bond donors (Lipinski definition) is 0. The zero-order valence-corrected chi connectivity index (χ0v) is 14.2. The van der Waals surface area contributed by atoms with Gasteiger partial charge in [-0.2, -0.15) is 0 Å². The van der Waals surface area contributed by atoms with Crippen LogP contribution in [-0.4, -0.2) is 22.1 Å². The molecule has 4 rings (SSSR count). The van der Waals surface area contributed by atoms with Crippen molar-refractivity contribution in [2.24, 2.45) is 0 Å². The van der Waals surface area contributed by atoms with Gasteiger partial charge in [0.1, 0.15) is 16.6 Å². The van der Waals surface area contributed by atoms with Crippen LogP contribution in [0.15, 0.2) is 66.7 Å². The highest BCUT2D eigenvalue weighted by molar-refractivity contribution is 6.29. The summed E-state index contributed by atoms with van der Waals surface area (Å²) in [6.07, 6.45) is 0. The van der Waals surface area contributed by atoms with Crippen molar-refractivity contribution < 1.29 is 4.74 Å². The molecule has 0 atom stereocenters. The Hall–Kier alpha value is -2.98. The van der Waals surface area contributed by atoms with Crippen LogP contribution in [0.5, 0.6) is 5.75 Å². The standard InChI is InChI=1S/C20H14ClN3O/c1-25-14-7-4-6-13(12-14)19-15-8-2-3-9-16(15)23-20(24-19)17-10-5-11-18(21)22-17/h2-12H,1H3. The van der Waals surface area contributed by atoms with Crippen molar-refractivity contribution in [1.82, 2.24) is 15.0 Å². The zero-order chi connectivity index (χ0) is 17.2. The topological polar surface area (TPSA) is 47.9 Å². The monoisotopic (exact) mass is 347 g/mol. The molecule has 122 valence electrons. The van der Waals surface area contributed by atoms with Crippen LogP contribution in [0.1, 0.15) is 0 Å². The average molecular weight is 348 g/mol. The molecule has 5 heteroatoms. The molecular weight excluding hydrogens is 334 g/mol. The second-order valence-electron chi connectivity index (χ2n) is 5.49. The quantitative estimate of drug-likeness (QED) is 0.488. The molecule has 4 aromatic rings. The van der Waals surface area contributed by atoms with Crippen LogP contribution >= 0.6 is 11.6 Å². The first-order valence-electron chi connectivity index (χ1n) is 7.79. The van der Waals surface area contributed by atoms with Crippen LogP contribution in [0, 0.1) is 0 Å². The number of aromatic nitrogens is 3. The van der Waals surface area contributed by atoms with Gasteiger partial charge in [-0.1, -0.05) is 48.0 Å². The maximum Gasteiger partial charge on any atom is 0.179 e. The number of pyridine rings is 1. The fourth-order valence-electron chi connectivity index (χ4n) is 2.71. The molecule has 0 unspecified atom stereocenters. The number of ether oxygens (including phenoxy) is 1. The molecule has 0 aliphatic heterocycles. The summed E-state index contributed by atoms with van der Waals surface area (Å²) in [5, 5.41) is 1.39. The van der Waals surface area contributed by atoms with Crippen LogP contribution in [0.3, 0.4) is 0 Å². The lowest BCUT2D eigenvalue weighted by molar-refractivity contribution is 0.415. The van der Waals surface area contributed by atoms with Crippen molar-refractivity contribution >= 4 is 22.5 Å². The molecule has 25 heavy (non-hydrogen) atoms. The van der Waals surface area contributed by atoms with Crippen molar-refractivity contribution in [3.05, 3.63) is 71.9 Å².